The van der Waals surface area contributed by atoms with Gasteiger partial charge in [-0.2, -0.15) is 0 Å². The molecule has 6 heteroatoms. The number of aryl methyl sites for hydroxylation is 1. The molecule has 0 aromatic heterocycles. The van der Waals surface area contributed by atoms with Gasteiger partial charge in [-0.15, -0.1) is 0 Å². The minimum Gasteiger partial charge on any atom is -0.262 e. The van der Waals surface area contributed by atoms with E-state index in [1.807, 2.05) is 6.92 Å². The van der Waals surface area contributed by atoms with Gasteiger partial charge in [0, 0.05) is 5.02 Å². The third-order valence-electron chi connectivity index (χ3n) is 3.94. The van der Waals surface area contributed by atoms with E-state index in [1.165, 1.54) is 16.4 Å². The molecular weight excluding hydrogens is 373 g/mol. The normalized spacial score (nSPS) is 11.3. The Morgan fingerprint density at radius 2 is 1.62 bits per heavy atom. The molecule has 0 aliphatic heterocycles. The first-order valence-corrected chi connectivity index (χ1v) is 9.77. The molecule has 0 fully saturated rings. The van der Waals surface area contributed by atoms with Gasteiger partial charge >= 0.3 is 0 Å². The molecule has 0 radical (unpaired) electrons. The van der Waals surface area contributed by atoms with Crippen molar-refractivity contribution < 1.29 is 12.8 Å². The van der Waals surface area contributed by atoms with Crippen LogP contribution in [0.5, 0.6) is 0 Å². The topological polar surface area (TPSA) is 37.4 Å². The lowest BCUT2D eigenvalue weighted by Crippen LogP contribution is -2.30. The number of nitrogens with zero attached hydrogens (tertiary/aromatic N) is 1. The summed E-state index contributed by atoms with van der Waals surface area (Å²) in [6, 6.07) is 19.0. The molecule has 0 N–H and O–H groups in total. The number of rotatable bonds is 5. The van der Waals surface area contributed by atoms with Crippen LogP contribution >= 0.6 is 11.6 Å². The summed E-state index contributed by atoms with van der Waals surface area (Å²) in [4.78, 5) is 0.175. The van der Waals surface area contributed by atoms with Crippen LogP contribution in [0, 0.1) is 12.7 Å². The number of benzene rings is 3. The monoisotopic (exact) mass is 389 g/mol. The molecule has 0 spiro atoms. The Kier molecular flexibility index (Phi) is 5.30. The van der Waals surface area contributed by atoms with Crippen molar-refractivity contribution in [2.75, 3.05) is 4.31 Å². The van der Waals surface area contributed by atoms with Crippen molar-refractivity contribution in [3.8, 4) is 0 Å². The van der Waals surface area contributed by atoms with Crippen LogP contribution < -0.4 is 4.31 Å². The van der Waals surface area contributed by atoms with Gasteiger partial charge in [-0.05, 0) is 61.0 Å². The van der Waals surface area contributed by atoms with Gasteiger partial charge in [0.1, 0.15) is 5.82 Å². The molecule has 0 unspecified atom stereocenters. The van der Waals surface area contributed by atoms with E-state index in [-0.39, 0.29) is 11.4 Å². The van der Waals surface area contributed by atoms with Crippen LogP contribution in [0.2, 0.25) is 5.02 Å². The molecule has 0 aliphatic carbocycles. The predicted octanol–water partition coefficient (Wildman–Crippen LogP) is 5.18. The van der Waals surface area contributed by atoms with Crippen molar-refractivity contribution in [3.05, 3.63) is 94.8 Å². The molecule has 0 saturated heterocycles. The Balaban J connectivity index is 2.07. The maximum Gasteiger partial charge on any atom is 0.264 e. The van der Waals surface area contributed by atoms with Gasteiger partial charge in [0.05, 0.1) is 17.1 Å². The zero-order chi connectivity index (χ0) is 18.7. The Morgan fingerprint density at radius 1 is 0.962 bits per heavy atom. The fourth-order valence-corrected chi connectivity index (χ4v) is 4.14. The van der Waals surface area contributed by atoms with E-state index in [1.54, 1.807) is 60.7 Å². The first-order valence-electron chi connectivity index (χ1n) is 7.96. The van der Waals surface area contributed by atoms with E-state index in [0.717, 1.165) is 5.56 Å². The van der Waals surface area contributed by atoms with Crippen molar-refractivity contribution in [3.63, 3.8) is 0 Å². The van der Waals surface area contributed by atoms with Crippen molar-refractivity contribution >= 4 is 27.3 Å². The van der Waals surface area contributed by atoms with Crippen molar-refractivity contribution in [2.24, 2.45) is 0 Å². The second-order valence-electron chi connectivity index (χ2n) is 5.93. The molecule has 0 atom stereocenters. The second kappa shape index (κ2) is 7.48. The third-order valence-corrected chi connectivity index (χ3v) is 5.98. The van der Waals surface area contributed by atoms with Crippen LogP contribution in [-0.2, 0) is 16.6 Å². The zero-order valence-corrected chi connectivity index (χ0v) is 15.6. The Hall–Kier alpha value is -2.37. The summed E-state index contributed by atoms with van der Waals surface area (Å²) in [6.45, 7) is 1.90. The Labute approximate surface area is 157 Å². The standard InChI is InChI=1S/C20H17ClFNO2S/c1-15-5-11-20(12-6-15)26(24,25)23(19-9-7-17(21)8-10-19)14-16-3-2-4-18(22)13-16/h2-13H,14H2,1H3. The quantitative estimate of drug-likeness (QED) is 0.602. The maximum atomic E-state index is 13.6. The number of hydrogen-bond donors (Lipinski definition) is 0. The fourth-order valence-electron chi connectivity index (χ4n) is 2.56. The molecule has 134 valence electrons. The van der Waals surface area contributed by atoms with E-state index in [4.69, 9.17) is 11.6 Å². The maximum absolute atomic E-state index is 13.6. The second-order valence-corrected chi connectivity index (χ2v) is 8.23. The molecule has 3 aromatic rings. The third kappa shape index (κ3) is 4.06. The van der Waals surface area contributed by atoms with Gasteiger partial charge in [0.15, 0.2) is 0 Å². The van der Waals surface area contributed by atoms with Crippen LogP contribution in [0.1, 0.15) is 11.1 Å². The van der Waals surface area contributed by atoms with Gasteiger partial charge in [-0.25, -0.2) is 12.8 Å². The molecular formula is C20H17ClFNO2S. The van der Waals surface area contributed by atoms with Crippen LogP contribution in [0.3, 0.4) is 0 Å². The van der Waals surface area contributed by atoms with Crippen molar-refractivity contribution in [1.82, 2.24) is 0 Å². The van der Waals surface area contributed by atoms with Crippen LogP contribution in [-0.4, -0.2) is 8.42 Å². The highest BCUT2D eigenvalue weighted by molar-refractivity contribution is 7.92. The first kappa shape index (κ1) is 18.4. The summed E-state index contributed by atoms with van der Waals surface area (Å²) in [5, 5.41) is 0.507. The lowest BCUT2D eigenvalue weighted by Gasteiger charge is -2.25. The average Bonchev–Trinajstić information content (AvgIpc) is 2.61. The van der Waals surface area contributed by atoms with E-state index in [2.05, 4.69) is 0 Å². The average molecular weight is 390 g/mol. The highest BCUT2D eigenvalue weighted by Gasteiger charge is 2.25. The summed E-state index contributed by atoms with van der Waals surface area (Å²) in [6.07, 6.45) is 0. The van der Waals surface area contributed by atoms with Crippen LogP contribution in [0.4, 0.5) is 10.1 Å². The minimum absolute atomic E-state index is 0.00953. The van der Waals surface area contributed by atoms with Crippen LogP contribution in [0.25, 0.3) is 0 Å². The zero-order valence-electron chi connectivity index (χ0n) is 14.1. The van der Waals surface area contributed by atoms with E-state index in [0.29, 0.717) is 16.3 Å². The molecule has 0 bridgehead atoms. The summed E-state index contributed by atoms with van der Waals surface area (Å²) in [5.41, 5.74) is 1.97. The number of anilines is 1. The summed E-state index contributed by atoms with van der Waals surface area (Å²) < 4.78 is 41.2. The van der Waals surface area contributed by atoms with Crippen LogP contribution in [0.15, 0.2) is 77.7 Å². The molecule has 0 heterocycles. The molecule has 3 nitrogen and oxygen atoms in total. The smallest absolute Gasteiger partial charge is 0.262 e. The lowest BCUT2D eigenvalue weighted by atomic mass is 10.2. The summed E-state index contributed by atoms with van der Waals surface area (Å²) >= 11 is 5.93. The largest absolute Gasteiger partial charge is 0.264 e. The highest BCUT2D eigenvalue weighted by atomic mass is 35.5. The minimum atomic E-state index is -3.83. The molecule has 3 aromatic carbocycles. The molecule has 3 rings (SSSR count). The van der Waals surface area contributed by atoms with Gasteiger partial charge in [-0.1, -0.05) is 41.4 Å². The molecule has 26 heavy (non-hydrogen) atoms. The van der Waals surface area contributed by atoms with Gasteiger partial charge < -0.3 is 0 Å². The van der Waals surface area contributed by atoms with Gasteiger partial charge in [-0.3, -0.25) is 4.31 Å². The van der Waals surface area contributed by atoms with E-state index >= 15 is 0 Å². The lowest BCUT2D eigenvalue weighted by molar-refractivity contribution is 0.589. The van der Waals surface area contributed by atoms with E-state index in [9.17, 15) is 12.8 Å². The van der Waals surface area contributed by atoms with E-state index < -0.39 is 15.8 Å². The first-order chi connectivity index (χ1) is 12.4. The Morgan fingerprint density at radius 3 is 2.23 bits per heavy atom. The fraction of sp³-hybridized carbons (Fsp3) is 0.100. The molecule has 0 saturated carbocycles. The number of hydrogen-bond acceptors (Lipinski definition) is 2. The molecule has 0 aliphatic rings. The number of sulfonamides is 1. The van der Waals surface area contributed by atoms with Crippen molar-refractivity contribution in [1.29, 1.82) is 0 Å². The number of halogens is 2. The summed E-state index contributed by atoms with van der Waals surface area (Å²) in [5.74, 6) is -0.411. The molecule has 0 amide bonds. The summed E-state index contributed by atoms with van der Waals surface area (Å²) in [7, 11) is -3.83. The highest BCUT2D eigenvalue weighted by Crippen LogP contribution is 2.27. The van der Waals surface area contributed by atoms with Gasteiger partial charge in [0.25, 0.3) is 10.0 Å². The SMILES string of the molecule is Cc1ccc(S(=O)(=O)N(Cc2cccc(F)c2)c2ccc(Cl)cc2)cc1. The van der Waals surface area contributed by atoms with Crippen molar-refractivity contribution in [2.45, 2.75) is 18.4 Å². The Bertz CT molecular complexity index is 1000. The van der Waals surface area contributed by atoms with Gasteiger partial charge in [0.2, 0.25) is 0 Å². The predicted molar refractivity (Wildman–Crippen MR) is 102 cm³/mol.